The van der Waals surface area contributed by atoms with Crippen molar-refractivity contribution in [2.45, 2.75) is 0 Å². The van der Waals surface area contributed by atoms with E-state index in [-0.39, 0.29) is 5.69 Å². The molecule has 0 saturated carbocycles. The molecule has 2 N–H and O–H groups in total. The molecule has 1 heterocycles. The SMILES string of the molecule is Nc1ccc(Oc2ccc([N+](=O)[O-])c3cnccc23)cc1. The highest BCUT2D eigenvalue weighted by Crippen LogP contribution is 2.34. The van der Waals surface area contributed by atoms with E-state index < -0.39 is 4.92 Å². The van der Waals surface area contributed by atoms with E-state index in [4.69, 9.17) is 10.5 Å². The van der Waals surface area contributed by atoms with Crippen molar-refractivity contribution in [2.75, 3.05) is 5.73 Å². The molecule has 0 saturated heterocycles. The molecule has 21 heavy (non-hydrogen) atoms. The summed E-state index contributed by atoms with van der Waals surface area (Å²) in [6.45, 7) is 0. The Labute approximate surface area is 119 Å². The maximum Gasteiger partial charge on any atom is 0.279 e. The van der Waals surface area contributed by atoms with Crippen LogP contribution in [0, 0.1) is 10.1 Å². The lowest BCUT2D eigenvalue weighted by Crippen LogP contribution is -1.93. The third-order valence-corrected chi connectivity index (χ3v) is 3.06. The number of pyridine rings is 1. The number of nitrogens with two attached hydrogens (primary N) is 1. The standard InChI is InChI=1S/C15H11N3O3/c16-10-1-3-11(4-2-10)21-15-6-5-14(18(19)20)13-9-17-8-7-12(13)15/h1-9H,16H2. The number of hydrogen-bond acceptors (Lipinski definition) is 5. The summed E-state index contributed by atoms with van der Waals surface area (Å²) in [6.07, 6.45) is 3.03. The number of fused-ring (bicyclic) bond motifs is 1. The third kappa shape index (κ3) is 2.46. The van der Waals surface area contributed by atoms with Crippen LogP contribution in [0.15, 0.2) is 54.9 Å². The van der Waals surface area contributed by atoms with Gasteiger partial charge in [-0.1, -0.05) is 0 Å². The van der Waals surface area contributed by atoms with E-state index in [0.717, 1.165) is 0 Å². The Kier molecular flexibility index (Phi) is 3.12. The van der Waals surface area contributed by atoms with Crippen LogP contribution >= 0.6 is 0 Å². The largest absolute Gasteiger partial charge is 0.457 e. The summed E-state index contributed by atoms with van der Waals surface area (Å²) >= 11 is 0. The van der Waals surface area contributed by atoms with Crippen LogP contribution in [-0.2, 0) is 0 Å². The van der Waals surface area contributed by atoms with E-state index in [1.165, 1.54) is 12.3 Å². The molecule has 0 aliphatic heterocycles. The van der Waals surface area contributed by atoms with Gasteiger partial charge in [0.2, 0.25) is 0 Å². The molecular weight excluding hydrogens is 270 g/mol. The number of non-ortho nitro benzene ring substituents is 1. The fraction of sp³-hybridized carbons (Fsp3) is 0. The van der Waals surface area contributed by atoms with Crippen molar-refractivity contribution in [3.05, 3.63) is 65.0 Å². The monoisotopic (exact) mass is 281 g/mol. The van der Waals surface area contributed by atoms with Gasteiger partial charge in [0.05, 0.1) is 10.3 Å². The molecule has 1 aromatic heterocycles. The van der Waals surface area contributed by atoms with Crippen molar-refractivity contribution in [1.82, 2.24) is 4.98 Å². The van der Waals surface area contributed by atoms with Gasteiger partial charge in [-0.25, -0.2) is 0 Å². The van der Waals surface area contributed by atoms with Crippen LogP contribution in [0.25, 0.3) is 10.8 Å². The zero-order valence-electron chi connectivity index (χ0n) is 10.9. The highest BCUT2D eigenvalue weighted by molar-refractivity contribution is 5.94. The average Bonchev–Trinajstić information content (AvgIpc) is 2.49. The molecule has 3 aromatic rings. The molecule has 6 heteroatoms. The predicted octanol–water partition coefficient (Wildman–Crippen LogP) is 3.52. The van der Waals surface area contributed by atoms with Crippen molar-refractivity contribution >= 4 is 22.1 Å². The fourth-order valence-electron chi connectivity index (χ4n) is 2.06. The van der Waals surface area contributed by atoms with Crippen LogP contribution in [0.1, 0.15) is 0 Å². The Balaban J connectivity index is 2.09. The number of nitrogen functional groups attached to an aromatic ring is 1. The molecule has 3 rings (SSSR count). The van der Waals surface area contributed by atoms with Crippen molar-refractivity contribution in [3.8, 4) is 11.5 Å². The summed E-state index contributed by atoms with van der Waals surface area (Å²) in [5.41, 5.74) is 6.27. The van der Waals surface area contributed by atoms with E-state index in [1.807, 2.05) is 0 Å². The molecular formula is C15H11N3O3. The van der Waals surface area contributed by atoms with E-state index >= 15 is 0 Å². The number of nitro groups is 1. The number of nitrogens with zero attached hydrogens (tertiary/aromatic N) is 2. The smallest absolute Gasteiger partial charge is 0.279 e. The van der Waals surface area contributed by atoms with Gasteiger partial charge in [0.25, 0.3) is 5.69 Å². The lowest BCUT2D eigenvalue weighted by molar-refractivity contribution is -0.383. The van der Waals surface area contributed by atoms with Gasteiger partial charge in [0, 0.05) is 29.5 Å². The van der Waals surface area contributed by atoms with Gasteiger partial charge >= 0.3 is 0 Å². The van der Waals surface area contributed by atoms with Crippen molar-refractivity contribution < 1.29 is 9.66 Å². The number of aromatic nitrogens is 1. The van der Waals surface area contributed by atoms with E-state index in [9.17, 15) is 10.1 Å². The highest BCUT2D eigenvalue weighted by atomic mass is 16.6. The molecule has 0 spiro atoms. The Hall–Kier alpha value is -3.15. The average molecular weight is 281 g/mol. The molecule has 6 nitrogen and oxygen atoms in total. The van der Waals surface area contributed by atoms with E-state index in [0.29, 0.717) is 28.0 Å². The number of nitro benzene ring substituents is 1. The summed E-state index contributed by atoms with van der Waals surface area (Å²) in [7, 11) is 0. The first-order valence-electron chi connectivity index (χ1n) is 6.19. The van der Waals surface area contributed by atoms with Gasteiger partial charge in [0.1, 0.15) is 11.5 Å². The zero-order valence-corrected chi connectivity index (χ0v) is 10.9. The molecule has 104 valence electrons. The summed E-state index contributed by atoms with van der Waals surface area (Å²) < 4.78 is 5.78. The second kappa shape index (κ2) is 5.09. The van der Waals surface area contributed by atoms with E-state index in [1.54, 1.807) is 42.6 Å². The first kappa shape index (κ1) is 12.9. The van der Waals surface area contributed by atoms with Crippen LogP contribution in [-0.4, -0.2) is 9.91 Å². The first-order chi connectivity index (χ1) is 10.1. The van der Waals surface area contributed by atoms with Crippen LogP contribution in [0.3, 0.4) is 0 Å². The Bertz CT molecular complexity index is 816. The molecule has 2 aromatic carbocycles. The summed E-state index contributed by atoms with van der Waals surface area (Å²) in [6, 6.07) is 11.6. The molecule has 0 fully saturated rings. The molecule has 0 unspecified atom stereocenters. The number of ether oxygens (including phenoxy) is 1. The normalized spacial score (nSPS) is 10.5. The first-order valence-corrected chi connectivity index (χ1v) is 6.19. The van der Waals surface area contributed by atoms with Crippen LogP contribution in [0.5, 0.6) is 11.5 Å². The number of anilines is 1. The van der Waals surface area contributed by atoms with Gasteiger partial charge in [-0.15, -0.1) is 0 Å². The molecule has 0 amide bonds. The van der Waals surface area contributed by atoms with Crippen LogP contribution in [0.4, 0.5) is 11.4 Å². The molecule has 0 aliphatic carbocycles. The minimum atomic E-state index is -0.434. The van der Waals surface area contributed by atoms with Gasteiger partial charge < -0.3 is 10.5 Å². The molecule has 0 aliphatic rings. The van der Waals surface area contributed by atoms with Crippen molar-refractivity contribution in [3.63, 3.8) is 0 Å². The highest BCUT2D eigenvalue weighted by Gasteiger charge is 2.15. The van der Waals surface area contributed by atoms with Crippen LogP contribution < -0.4 is 10.5 Å². The van der Waals surface area contributed by atoms with Gasteiger partial charge in [0.15, 0.2) is 0 Å². The third-order valence-electron chi connectivity index (χ3n) is 3.06. The number of rotatable bonds is 3. The fourth-order valence-corrected chi connectivity index (χ4v) is 2.06. The minimum Gasteiger partial charge on any atom is -0.457 e. The van der Waals surface area contributed by atoms with E-state index in [2.05, 4.69) is 4.98 Å². The van der Waals surface area contributed by atoms with Gasteiger partial charge in [-0.2, -0.15) is 0 Å². The Morgan fingerprint density at radius 1 is 1.05 bits per heavy atom. The van der Waals surface area contributed by atoms with Gasteiger partial charge in [-0.05, 0) is 36.4 Å². The molecule has 0 bridgehead atoms. The van der Waals surface area contributed by atoms with Gasteiger partial charge in [-0.3, -0.25) is 15.1 Å². The summed E-state index contributed by atoms with van der Waals surface area (Å²) in [5.74, 6) is 1.14. The lowest BCUT2D eigenvalue weighted by Gasteiger charge is -2.09. The lowest BCUT2D eigenvalue weighted by atomic mass is 10.1. The predicted molar refractivity (Wildman–Crippen MR) is 79.3 cm³/mol. The maximum absolute atomic E-state index is 11.0. The summed E-state index contributed by atoms with van der Waals surface area (Å²) in [4.78, 5) is 14.6. The zero-order chi connectivity index (χ0) is 14.8. The quantitative estimate of drug-likeness (QED) is 0.450. The summed E-state index contributed by atoms with van der Waals surface area (Å²) in [5, 5.41) is 12.1. The number of hydrogen-bond donors (Lipinski definition) is 1. The van der Waals surface area contributed by atoms with Crippen molar-refractivity contribution in [2.24, 2.45) is 0 Å². The topological polar surface area (TPSA) is 91.3 Å². The minimum absolute atomic E-state index is 0.00255. The maximum atomic E-state index is 11.0. The molecule has 0 radical (unpaired) electrons. The van der Waals surface area contributed by atoms with Crippen LogP contribution in [0.2, 0.25) is 0 Å². The molecule has 0 atom stereocenters. The Morgan fingerprint density at radius 2 is 1.81 bits per heavy atom. The van der Waals surface area contributed by atoms with Crippen molar-refractivity contribution in [1.29, 1.82) is 0 Å². The second-order valence-corrected chi connectivity index (χ2v) is 4.43. The Morgan fingerprint density at radius 3 is 2.52 bits per heavy atom. The number of benzene rings is 2. The second-order valence-electron chi connectivity index (χ2n) is 4.43.